The summed E-state index contributed by atoms with van der Waals surface area (Å²) in [6.07, 6.45) is 1.54. The highest BCUT2D eigenvalue weighted by molar-refractivity contribution is 6.30. The first-order valence-corrected chi connectivity index (χ1v) is 6.36. The molecular weight excluding hydrogens is 250 g/mol. The molecule has 0 fully saturated rings. The Balaban J connectivity index is 2.21. The zero-order valence-electron chi connectivity index (χ0n) is 10.8. The lowest BCUT2D eigenvalue weighted by atomic mass is 10.3. The molecule has 0 amide bonds. The summed E-state index contributed by atoms with van der Waals surface area (Å²) in [5.74, 6) is 0.672. The first-order chi connectivity index (χ1) is 8.58. The summed E-state index contributed by atoms with van der Waals surface area (Å²) in [6, 6.07) is 7.14. The van der Waals surface area contributed by atoms with Crippen molar-refractivity contribution in [3.63, 3.8) is 0 Å². The summed E-state index contributed by atoms with van der Waals surface area (Å²) in [4.78, 5) is 0. The molecule has 4 heteroatoms. The Morgan fingerprint density at radius 1 is 1.50 bits per heavy atom. The molecule has 0 heterocycles. The van der Waals surface area contributed by atoms with E-state index in [9.17, 15) is 5.11 Å². The molecule has 1 atom stereocenters. The van der Waals surface area contributed by atoms with Gasteiger partial charge in [0, 0.05) is 18.1 Å². The molecule has 0 saturated carbocycles. The molecule has 0 aliphatic rings. The van der Waals surface area contributed by atoms with Gasteiger partial charge in [-0.15, -0.1) is 0 Å². The van der Waals surface area contributed by atoms with Gasteiger partial charge in [0.25, 0.3) is 0 Å². The van der Waals surface area contributed by atoms with Crippen molar-refractivity contribution in [1.82, 2.24) is 5.32 Å². The summed E-state index contributed by atoms with van der Waals surface area (Å²) >= 11 is 5.83. The lowest BCUT2D eigenvalue weighted by Crippen LogP contribution is -2.31. The van der Waals surface area contributed by atoms with E-state index in [1.807, 2.05) is 26.0 Å². The molecule has 0 spiro atoms. The summed E-state index contributed by atoms with van der Waals surface area (Å²) in [5, 5.41) is 13.5. The number of halogens is 1. The summed E-state index contributed by atoms with van der Waals surface area (Å²) in [7, 11) is 0. The minimum atomic E-state index is -0.533. The van der Waals surface area contributed by atoms with Crippen molar-refractivity contribution in [2.24, 2.45) is 0 Å². The zero-order valence-corrected chi connectivity index (χ0v) is 11.6. The van der Waals surface area contributed by atoms with Crippen LogP contribution in [0.25, 0.3) is 0 Å². The van der Waals surface area contributed by atoms with Crippen LogP contribution in [-0.4, -0.2) is 30.9 Å². The van der Waals surface area contributed by atoms with Gasteiger partial charge in [-0.2, -0.15) is 0 Å². The summed E-state index contributed by atoms with van der Waals surface area (Å²) in [6.45, 7) is 5.60. The van der Waals surface area contributed by atoms with E-state index >= 15 is 0 Å². The van der Waals surface area contributed by atoms with Crippen LogP contribution in [0.15, 0.2) is 35.9 Å². The van der Waals surface area contributed by atoms with Crippen LogP contribution < -0.4 is 10.1 Å². The molecule has 0 aliphatic carbocycles. The fourth-order valence-electron chi connectivity index (χ4n) is 1.33. The van der Waals surface area contributed by atoms with Crippen molar-refractivity contribution < 1.29 is 9.84 Å². The van der Waals surface area contributed by atoms with E-state index < -0.39 is 6.10 Å². The second-order valence-electron chi connectivity index (χ2n) is 4.36. The predicted molar refractivity (Wildman–Crippen MR) is 75.3 cm³/mol. The Morgan fingerprint density at radius 3 is 2.94 bits per heavy atom. The quantitative estimate of drug-likeness (QED) is 0.591. The average Bonchev–Trinajstić information content (AvgIpc) is 2.32. The van der Waals surface area contributed by atoms with Crippen LogP contribution in [0.3, 0.4) is 0 Å². The van der Waals surface area contributed by atoms with Gasteiger partial charge in [-0.3, -0.25) is 0 Å². The van der Waals surface area contributed by atoms with Gasteiger partial charge in [0.2, 0.25) is 0 Å². The van der Waals surface area contributed by atoms with Gasteiger partial charge in [-0.05, 0) is 32.0 Å². The van der Waals surface area contributed by atoms with Crippen molar-refractivity contribution in [3.05, 3.63) is 40.9 Å². The minimum Gasteiger partial charge on any atom is -0.491 e. The van der Waals surface area contributed by atoms with E-state index in [4.69, 9.17) is 16.3 Å². The van der Waals surface area contributed by atoms with Gasteiger partial charge < -0.3 is 15.2 Å². The van der Waals surface area contributed by atoms with Crippen molar-refractivity contribution in [2.45, 2.75) is 20.0 Å². The third-order valence-corrected chi connectivity index (χ3v) is 2.51. The van der Waals surface area contributed by atoms with E-state index in [1.54, 1.807) is 12.1 Å². The maximum absolute atomic E-state index is 9.70. The number of allylic oxidation sites excluding steroid dienone is 1. The van der Waals surface area contributed by atoms with Gasteiger partial charge >= 0.3 is 0 Å². The monoisotopic (exact) mass is 269 g/mol. The van der Waals surface area contributed by atoms with Gasteiger partial charge in [0.05, 0.1) is 0 Å². The maximum atomic E-state index is 9.70. The number of ether oxygens (including phenoxy) is 1. The fourth-order valence-corrected chi connectivity index (χ4v) is 1.51. The number of rotatable bonds is 7. The summed E-state index contributed by atoms with van der Waals surface area (Å²) in [5.41, 5.74) is 1.26. The Hall–Kier alpha value is -1.03. The van der Waals surface area contributed by atoms with E-state index in [2.05, 4.69) is 11.4 Å². The van der Waals surface area contributed by atoms with Crippen LogP contribution in [-0.2, 0) is 0 Å². The number of hydrogen-bond acceptors (Lipinski definition) is 3. The molecule has 0 aromatic heterocycles. The van der Waals surface area contributed by atoms with E-state index in [0.717, 1.165) is 6.54 Å². The first-order valence-electron chi connectivity index (χ1n) is 5.98. The fraction of sp³-hybridized carbons (Fsp3) is 0.429. The molecule has 1 aromatic rings. The first kappa shape index (κ1) is 15.0. The van der Waals surface area contributed by atoms with Crippen LogP contribution in [0.2, 0.25) is 5.02 Å². The van der Waals surface area contributed by atoms with Crippen LogP contribution in [0.1, 0.15) is 13.8 Å². The third kappa shape index (κ3) is 6.64. The summed E-state index contributed by atoms with van der Waals surface area (Å²) < 4.78 is 5.44. The van der Waals surface area contributed by atoms with E-state index in [0.29, 0.717) is 17.3 Å². The SMILES string of the molecule is CC(C)=CCNCC(O)COc1cccc(Cl)c1. The average molecular weight is 270 g/mol. The maximum Gasteiger partial charge on any atom is 0.120 e. The molecule has 1 rings (SSSR count). The Bertz CT molecular complexity index is 389. The normalized spacial score (nSPS) is 12.0. The van der Waals surface area contributed by atoms with Gasteiger partial charge in [0.1, 0.15) is 18.5 Å². The second-order valence-corrected chi connectivity index (χ2v) is 4.80. The van der Waals surface area contributed by atoms with Crippen LogP contribution in [0.4, 0.5) is 0 Å². The number of aliphatic hydroxyl groups excluding tert-OH is 1. The van der Waals surface area contributed by atoms with Crippen LogP contribution in [0.5, 0.6) is 5.75 Å². The molecule has 0 radical (unpaired) electrons. The lowest BCUT2D eigenvalue weighted by molar-refractivity contribution is 0.107. The largest absolute Gasteiger partial charge is 0.491 e. The second kappa shape index (κ2) is 8.14. The highest BCUT2D eigenvalue weighted by Gasteiger charge is 2.04. The van der Waals surface area contributed by atoms with Crippen molar-refractivity contribution in [3.8, 4) is 5.75 Å². The van der Waals surface area contributed by atoms with Crippen molar-refractivity contribution in [2.75, 3.05) is 19.7 Å². The molecule has 18 heavy (non-hydrogen) atoms. The standard InChI is InChI=1S/C14H20ClNO2/c1-11(2)6-7-16-9-13(17)10-18-14-5-3-4-12(15)8-14/h3-6,8,13,16-17H,7,9-10H2,1-2H3. The molecule has 1 unspecified atom stereocenters. The topological polar surface area (TPSA) is 41.5 Å². The van der Waals surface area contributed by atoms with Crippen molar-refractivity contribution >= 4 is 11.6 Å². The number of benzene rings is 1. The molecular formula is C14H20ClNO2. The Labute approximate surface area is 113 Å². The highest BCUT2D eigenvalue weighted by Crippen LogP contribution is 2.17. The smallest absolute Gasteiger partial charge is 0.120 e. The molecule has 1 aromatic carbocycles. The van der Waals surface area contributed by atoms with Crippen LogP contribution >= 0.6 is 11.6 Å². The van der Waals surface area contributed by atoms with Crippen LogP contribution in [0, 0.1) is 0 Å². The van der Waals surface area contributed by atoms with E-state index in [-0.39, 0.29) is 6.61 Å². The highest BCUT2D eigenvalue weighted by atomic mass is 35.5. The van der Waals surface area contributed by atoms with Gasteiger partial charge in [-0.1, -0.05) is 29.3 Å². The van der Waals surface area contributed by atoms with E-state index in [1.165, 1.54) is 5.57 Å². The minimum absolute atomic E-state index is 0.252. The number of hydrogen-bond donors (Lipinski definition) is 2. The van der Waals surface area contributed by atoms with Crippen molar-refractivity contribution in [1.29, 1.82) is 0 Å². The molecule has 0 saturated heterocycles. The Morgan fingerprint density at radius 2 is 2.28 bits per heavy atom. The number of nitrogens with one attached hydrogen (secondary N) is 1. The molecule has 3 nitrogen and oxygen atoms in total. The zero-order chi connectivity index (χ0) is 13.4. The number of aliphatic hydroxyl groups is 1. The Kier molecular flexibility index (Phi) is 6.80. The predicted octanol–water partition coefficient (Wildman–Crippen LogP) is 2.64. The third-order valence-electron chi connectivity index (χ3n) is 2.27. The lowest BCUT2D eigenvalue weighted by Gasteiger charge is -2.12. The van der Waals surface area contributed by atoms with Gasteiger partial charge in [-0.25, -0.2) is 0 Å². The molecule has 100 valence electrons. The van der Waals surface area contributed by atoms with Gasteiger partial charge in [0.15, 0.2) is 0 Å². The molecule has 0 aliphatic heterocycles. The molecule has 2 N–H and O–H groups in total. The molecule has 0 bridgehead atoms.